The van der Waals surface area contributed by atoms with E-state index in [1.165, 1.54) is 11.0 Å². The highest BCUT2D eigenvalue weighted by atomic mass is 79.9. The van der Waals surface area contributed by atoms with Crippen LogP contribution in [0.5, 0.6) is 0 Å². The minimum absolute atomic E-state index is 0.0131. The average Bonchev–Trinajstić information content (AvgIpc) is 3.17. The predicted molar refractivity (Wildman–Crippen MR) is 74.2 cm³/mol. The molecule has 0 saturated heterocycles. The molecule has 0 radical (unpaired) electrons. The van der Waals surface area contributed by atoms with Gasteiger partial charge in [-0.2, -0.15) is 0 Å². The third kappa shape index (κ3) is 4.01. The molecule has 0 aromatic heterocycles. The zero-order chi connectivity index (χ0) is 14.0. The first-order valence-corrected chi connectivity index (χ1v) is 7.12. The van der Waals surface area contributed by atoms with Gasteiger partial charge in [0.05, 0.1) is 12.5 Å². The fourth-order valence-corrected chi connectivity index (χ4v) is 2.40. The van der Waals surface area contributed by atoms with Crippen molar-refractivity contribution in [1.82, 2.24) is 4.90 Å². The van der Waals surface area contributed by atoms with Crippen molar-refractivity contribution >= 4 is 21.8 Å². The van der Waals surface area contributed by atoms with E-state index in [1.54, 1.807) is 19.2 Å². The first-order valence-electron chi connectivity index (χ1n) is 6.33. The van der Waals surface area contributed by atoms with Crippen LogP contribution in [0, 0.1) is 11.7 Å². The highest BCUT2D eigenvalue weighted by molar-refractivity contribution is 9.10. The Morgan fingerprint density at radius 2 is 2.26 bits per heavy atom. The average molecular weight is 330 g/mol. The summed E-state index contributed by atoms with van der Waals surface area (Å²) in [5, 5.41) is 9.80. The molecular weight excluding hydrogens is 313 g/mol. The van der Waals surface area contributed by atoms with Crippen molar-refractivity contribution in [2.24, 2.45) is 5.92 Å². The van der Waals surface area contributed by atoms with Crippen LogP contribution < -0.4 is 0 Å². The van der Waals surface area contributed by atoms with Crippen LogP contribution >= 0.6 is 15.9 Å². The lowest BCUT2D eigenvalue weighted by molar-refractivity contribution is -0.130. The van der Waals surface area contributed by atoms with Crippen LogP contribution in [0.3, 0.4) is 0 Å². The molecule has 1 atom stereocenters. The van der Waals surface area contributed by atoms with E-state index in [9.17, 15) is 14.3 Å². The number of hydrogen-bond acceptors (Lipinski definition) is 2. The Kier molecular flexibility index (Phi) is 4.58. The Hall–Kier alpha value is -0.940. The van der Waals surface area contributed by atoms with Gasteiger partial charge < -0.3 is 10.0 Å². The molecule has 0 aliphatic heterocycles. The monoisotopic (exact) mass is 329 g/mol. The lowest BCUT2D eigenvalue weighted by atomic mass is 10.1. The van der Waals surface area contributed by atoms with Crippen LogP contribution in [0.25, 0.3) is 0 Å². The van der Waals surface area contributed by atoms with Crippen LogP contribution in [0.4, 0.5) is 4.39 Å². The molecule has 104 valence electrons. The Bertz CT molecular complexity index is 477. The number of aliphatic hydroxyl groups excluding tert-OH is 1. The van der Waals surface area contributed by atoms with Crippen molar-refractivity contribution < 1.29 is 14.3 Å². The predicted octanol–water partition coefficient (Wildman–Crippen LogP) is 2.36. The molecule has 1 aliphatic rings. The zero-order valence-electron chi connectivity index (χ0n) is 10.8. The number of nitrogens with zero attached hydrogens (tertiary/aromatic N) is 1. The van der Waals surface area contributed by atoms with E-state index < -0.39 is 6.10 Å². The molecule has 1 aliphatic carbocycles. The normalized spacial score (nSPS) is 16.2. The number of carbonyl (C=O) groups is 1. The van der Waals surface area contributed by atoms with Gasteiger partial charge in [-0.3, -0.25) is 4.79 Å². The van der Waals surface area contributed by atoms with Crippen molar-refractivity contribution in [3.05, 3.63) is 34.1 Å². The van der Waals surface area contributed by atoms with Crippen molar-refractivity contribution in [2.45, 2.75) is 25.4 Å². The number of hydrogen-bond donors (Lipinski definition) is 1. The number of carbonyl (C=O) groups excluding carboxylic acids is 1. The fraction of sp³-hybridized carbons (Fsp3) is 0.500. The molecule has 1 fully saturated rings. The lowest BCUT2D eigenvalue weighted by Gasteiger charge is -2.21. The molecule has 1 aromatic carbocycles. The SMILES string of the molecule is CN(CC(O)C1CC1)C(=O)Cc1cc(Br)ccc1F. The summed E-state index contributed by atoms with van der Waals surface area (Å²) in [6.45, 7) is 0.319. The van der Waals surface area contributed by atoms with Gasteiger partial charge in [-0.1, -0.05) is 15.9 Å². The van der Waals surface area contributed by atoms with Gasteiger partial charge in [-0.05, 0) is 42.5 Å². The highest BCUT2D eigenvalue weighted by Crippen LogP contribution is 2.32. The first kappa shape index (κ1) is 14.5. The molecule has 1 amide bonds. The van der Waals surface area contributed by atoms with Gasteiger partial charge in [-0.25, -0.2) is 4.39 Å². The third-order valence-electron chi connectivity index (χ3n) is 3.40. The van der Waals surface area contributed by atoms with Crippen LogP contribution in [0.1, 0.15) is 18.4 Å². The summed E-state index contributed by atoms with van der Waals surface area (Å²) < 4.78 is 14.3. The molecule has 2 rings (SSSR count). The molecule has 0 spiro atoms. The molecule has 19 heavy (non-hydrogen) atoms. The Balaban J connectivity index is 1.93. The summed E-state index contributed by atoms with van der Waals surface area (Å²) in [5.41, 5.74) is 0.368. The number of benzene rings is 1. The van der Waals surface area contributed by atoms with Crippen molar-refractivity contribution in [3.8, 4) is 0 Å². The molecule has 1 saturated carbocycles. The third-order valence-corrected chi connectivity index (χ3v) is 3.90. The maximum Gasteiger partial charge on any atom is 0.226 e. The molecule has 0 heterocycles. The van der Waals surface area contributed by atoms with Gasteiger partial charge in [0.2, 0.25) is 5.91 Å². The molecule has 1 aromatic rings. The van der Waals surface area contributed by atoms with Gasteiger partial charge in [0.25, 0.3) is 0 Å². The first-order chi connectivity index (χ1) is 8.97. The fourth-order valence-electron chi connectivity index (χ4n) is 1.99. The van der Waals surface area contributed by atoms with Crippen LogP contribution in [-0.2, 0) is 11.2 Å². The van der Waals surface area contributed by atoms with E-state index >= 15 is 0 Å². The van der Waals surface area contributed by atoms with E-state index in [0.29, 0.717) is 18.0 Å². The summed E-state index contributed by atoms with van der Waals surface area (Å²) in [4.78, 5) is 13.5. The summed E-state index contributed by atoms with van der Waals surface area (Å²) in [7, 11) is 1.64. The largest absolute Gasteiger partial charge is 0.391 e. The zero-order valence-corrected chi connectivity index (χ0v) is 12.4. The Morgan fingerprint density at radius 1 is 1.58 bits per heavy atom. The summed E-state index contributed by atoms with van der Waals surface area (Å²) in [6, 6.07) is 4.55. The van der Waals surface area contributed by atoms with Gasteiger partial charge in [-0.15, -0.1) is 0 Å². The van der Waals surface area contributed by atoms with Crippen molar-refractivity contribution in [2.75, 3.05) is 13.6 Å². The number of halogens is 2. The van der Waals surface area contributed by atoms with Gasteiger partial charge >= 0.3 is 0 Å². The summed E-state index contributed by atoms with van der Waals surface area (Å²) >= 11 is 3.26. The van der Waals surface area contributed by atoms with Crippen LogP contribution in [0.15, 0.2) is 22.7 Å². The quantitative estimate of drug-likeness (QED) is 0.900. The smallest absolute Gasteiger partial charge is 0.226 e. The topological polar surface area (TPSA) is 40.5 Å². The van der Waals surface area contributed by atoms with E-state index in [4.69, 9.17) is 0 Å². The molecule has 5 heteroatoms. The summed E-state index contributed by atoms with van der Waals surface area (Å²) in [5.74, 6) is -0.234. The molecule has 1 N–H and O–H groups in total. The van der Waals surface area contributed by atoms with Gasteiger partial charge in [0.1, 0.15) is 5.82 Å². The van der Waals surface area contributed by atoms with Crippen molar-refractivity contribution in [3.63, 3.8) is 0 Å². The Labute approximate surface area is 120 Å². The highest BCUT2D eigenvalue weighted by Gasteiger charge is 2.31. The Morgan fingerprint density at radius 3 is 2.89 bits per heavy atom. The van der Waals surface area contributed by atoms with E-state index in [2.05, 4.69) is 15.9 Å². The molecular formula is C14H17BrFNO2. The maximum atomic E-state index is 13.6. The van der Waals surface area contributed by atoms with Crippen LogP contribution in [-0.4, -0.2) is 35.6 Å². The molecule has 1 unspecified atom stereocenters. The number of rotatable bonds is 5. The number of aliphatic hydroxyl groups is 1. The minimum Gasteiger partial charge on any atom is -0.391 e. The van der Waals surface area contributed by atoms with Crippen molar-refractivity contribution in [1.29, 1.82) is 0 Å². The number of amides is 1. The van der Waals surface area contributed by atoms with Crippen LogP contribution in [0.2, 0.25) is 0 Å². The lowest BCUT2D eigenvalue weighted by Crippen LogP contribution is -2.36. The second-order valence-electron chi connectivity index (χ2n) is 5.09. The molecule has 3 nitrogen and oxygen atoms in total. The molecule has 0 bridgehead atoms. The van der Waals surface area contributed by atoms with E-state index in [0.717, 1.165) is 17.3 Å². The minimum atomic E-state index is -0.457. The number of likely N-dealkylation sites (N-methyl/N-ethyl adjacent to an activating group) is 1. The van der Waals surface area contributed by atoms with Gasteiger partial charge in [0.15, 0.2) is 0 Å². The summed E-state index contributed by atoms with van der Waals surface area (Å²) in [6.07, 6.45) is 1.62. The van der Waals surface area contributed by atoms with E-state index in [1.807, 2.05) is 0 Å². The maximum absolute atomic E-state index is 13.6. The van der Waals surface area contributed by atoms with E-state index in [-0.39, 0.29) is 18.1 Å². The second-order valence-corrected chi connectivity index (χ2v) is 6.01. The second kappa shape index (κ2) is 6.01. The standard InChI is InChI=1S/C14H17BrFNO2/c1-17(8-13(18)9-2-3-9)14(19)7-10-6-11(15)4-5-12(10)16/h4-6,9,13,18H,2-3,7-8H2,1H3. The van der Waals surface area contributed by atoms with Gasteiger partial charge in [0, 0.05) is 18.1 Å².